The van der Waals surface area contributed by atoms with Crippen molar-refractivity contribution in [1.82, 2.24) is 9.80 Å². The zero-order valence-corrected chi connectivity index (χ0v) is 22.2. The fourth-order valence-corrected chi connectivity index (χ4v) is 5.09. The number of ether oxygens (including phenoxy) is 4. The highest BCUT2D eigenvalue weighted by Gasteiger charge is 2.43. The van der Waals surface area contributed by atoms with Crippen LogP contribution in [0.4, 0.5) is 0 Å². The van der Waals surface area contributed by atoms with Gasteiger partial charge in [-0.3, -0.25) is 14.5 Å². The summed E-state index contributed by atoms with van der Waals surface area (Å²) in [5.41, 5.74) is 1.22. The molecule has 3 heterocycles. The molecule has 1 aromatic heterocycles. The predicted molar refractivity (Wildman–Crippen MR) is 143 cm³/mol. The fraction of sp³-hybridized carbons (Fsp3) is 0.448. The molecule has 9 heteroatoms. The molecule has 1 fully saturated rings. The van der Waals surface area contributed by atoms with E-state index in [2.05, 4.69) is 4.90 Å². The second-order valence-corrected chi connectivity index (χ2v) is 9.38. The lowest BCUT2D eigenvalue weighted by Crippen LogP contribution is -2.42. The minimum atomic E-state index is -0.611. The Kier molecular flexibility index (Phi) is 7.85. The van der Waals surface area contributed by atoms with Gasteiger partial charge in [0.05, 0.1) is 50.5 Å². The molecule has 2 aliphatic rings. The van der Waals surface area contributed by atoms with Crippen molar-refractivity contribution in [2.45, 2.75) is 26.3 Å². The van der Waals surface area contributed by atoms with Gasteiger partial charge in [0, 0.05) is 32.2 Å². The predicted octanol–water partition coefficient (Wildman–Crippen LogP) is 3.87. The number of morpholine rings is 1. The van der Waals surface area contributed by atoms with E-state index in [4.69, 9.17) is 23.4 Å². The number of nitrogens with zero attached hydrogens (tertiary/aromatic N) is 2. The molecule has 3 aromatic rings. The first kappa shape index (κ1) is 26.1. The molecule has 1 unspecified atom stereocenters. The highest BCUT2D eigenvalue weighted by Crippen LogP contribution is 2.41. The van der Waals surface area contributed by atoms with E-state index in [-0.39, 0.29) is 17.1 Å². The van der Waals surface area contributed by atoms with Gasteiger partial charge in [-0.05, 0) is 43.2 Å². The van der Waals surface area contributed by atoms with Crippen LogP contribution in [0.2, 0.25) is 0 Å². The number of hydrogen-bond acceptors (Lipinski definition) is 8. The monoisotopic (exact) mass is 522 g/mol. The van der Waals surface area contributed by atoms with E-state index in [1.807, 2.05) is 32.0 Å². The van der Waals surface area contributed by atoms with Crippen molar-refractivity contribution in [1.29, 1.82) is 0 Å². The quantitative estimate of drug-likeness (QED) is 0.397. The van der Waals surface area contributed by atoms with Crippen LogP contribution < -0.4 is 19.6 Å². The number of rotatable bonds is 10. The van der Waals surface area contributed by atoms with Crippen molar-refractivity contribution in [2.75, 3.05) is 59.7 Å². The van der Waals surface area contributed by atoms with E-state index in [1.54, 1.807) is 30.2 Å². The van der Waals surface area contributed by atoms with E-state index >= 15 is 0 Å². The molecule has 1 atom stereocenters. The average Bonchev–Trinajstić information content (AvgIpc) is 3.22. The fourth-order valence-electron chi connectivity index (χ4n) is 5.09. The molecule has 1 saturated heterocycles. The van der Waals surface area contributed by atoms with E-state index in [0.717, 1.165) is 25.1 Å². The maximum Gasteiger partial charge on any atom is 0.290 e. The van der Waals surface area contributed by atoms with Gasteiger partial charge >= 0.3 is 0 Å². The van der Waals surface area contributed by atoms with E-state index in [1.165, 1.54) is 0 Å². The average molecular weight is 523 g/mol. The normalized spacial score (nSPS) is 17.6. The van der Waals surface area contributed by atoms with E-state index < -0.39 is 6.04 Å². The van der Waals surface area contributed by atoms with Gasteiger partial charge < -0.3 is 28.3 Å². The van der Waals surface area contributed by atoms with Crippen LogP contribution in [0, 0.1) is 0 Å². The standard InChI is InChI=1S/C29H34N2O7/c1-4-14-37-22-9-6-19(17-24(22)34-3)26-25-27(32)21-8-7-20(36-5-2)18-23(21)38-28(25)29(33)31(26)11-10-30-12-15-35-16-13-30/h6-9,17-18,26H,4-5,10-16H2,1-3H3. The second kappa shape index (κ2) is 11.4. The second-order valence-electron chi connectivity index (χ2n) is 9.38. The first-order valence-electron chi connectivity index (χ1n) is 13.2. The smallest absolute Gasteiger partial charge is 0.290 e. The number of amides is 1. The zero-order valence-electron chi connectivity index (χ0n) is 22.2. The van der Waals surface area contributed by atoms with Crippen molar-refractivity contribution in [3.63, 3.8) is 0 Å². The lowest BCUT2D eigenvalue weighted by molar-refractivity contribution is 0.0314. The van der Waals surface area contributed by atoms with Crippen molar-refractivity contribution >= 4 is 16.9 Å². The molecule has 2 aliphatic heterocycles. The Balaban J connectivity index is 1.59. The molecule has 9 nitrogen and oxygen atoms in total. The number of hydrogen-bond donors (Lipinski definition) is 0. The Labute approximate surface area is 221 Å². The molecule has 5 rings (SSSR count). The van der Waals surface area contributed by atoms with E-state index in [0.29, 0.717) is 73.3 Å². The summed E-state index contributed by atoms with van der Waals surface area (Å²) in [4.78, 5) is 31.6. The summed E-state index contributed by atoms with van der Waals surface area (Å²) in [7, 11) is 1.58. The molecule has 0 radical (unpaired) electrons. The molecule has 0 bridgehead atoms. The van der Waals surface area contributed by atoms with Crippen molar-refractivity contribution in [3.8, 4) is 17.2 Å². The van der Waals surface area contributed by atoms with Crippen molar-refractivity contribution < 1.29 is 28.2 Å². The molecule has 0 N–H and O–H groups in total. The Morgan fingerprint density at radius 3 is 2.53 bits per heavy atom. The molecule has 0 spiro atoms. The summed E-state index contributed by atoms with van der Waals surface area (Å²) >= 11 is 0. The molecule has 2 aromatic carbocycles. The van der Waals surface area contributed by atoms with Gasteiger partial charge in [0.2, 0.25) is 5.76 Å². The van der Waals surface area contributed by atoms with Gasteiger partial charge in [-0.25, -0.2) is 0 Å². The Morgan fingerprint density at radius 2 is 1.79 bits per heavy atom. The lowest BCUT2D eigenvalue weighted by Gasteiger charge is -2.31. The minimum absolute atomic E-state index is 0.0772. The summed E-state index contributed by atoms with van der Waals surface area (Å²) in [5, 5.41) is 0.412. The molecule has 0 saturated carbocycles. The largest absolute Gasteiger partial charge is 0.494 e. The zero-order chi connectivity index (χ0) is 26.6. The van der Waals surface area contributed by atoms with E-state index in [9.17, 15) is 9.59 Å². The first-order valence-corrected chi connectivity index (χ1v) is 13.2. The lowest BCUT2D eigenvalue weighted by atomic mass is 9.98. The van der Waals surface area contributed by atoms with Crippen LogP contribution in [0.25, 0.3) is 11.0 Å². The van der Waals surface area contributed by atoms with Gasteiger partial charge in [0.25, 0.3) is 5.91 Å². The molecule has 1 amide bonds. The SMILES string of the molecule is CCCOc1ccc(C2c3c(oc4cc(OCC)ccc4c3=O)C(=O)N2CCN2CCOCC2)cc1OC. The number of carbonyl (C=O) groups excluding carboxylic acids is 1. The molecule has 202 valence electrons. The third kappa shape index (κ3) is 4.96. The highest BCUT2D eigenvalue weighted by atomic mass is 16.5. The maximum atomic E-state index is 13.9. The van der Waals surface area contributed by atoms with Gasteiger partial charge in [0.15, 0.2) is 16.9 Å². The summed E-state index contributed by atoms with van der Waals surface area (Å²) in [6.07, 6.45) is 0.865. The minimum Gasteiger partial charge on any atom is -0.494 e. The Hall–Kier alpha value is -3.56. The van der Waals surface area contributed by atoms with Crippen LogP contribution in [-0.2, 0) is 4.74 Å². The van der Waals surface area contributed by atoms with Crippen molar-refractivity contribution in [2.24, 2.45) is 0 Å². The van der Waals surface area contributed by atoms with Crippen LogP contribution in [0.1, 0.15) is 48.0 Å². The van der Waals surface area contributed by atoms with Crippen molar-refractivity contribution in [3.05, 3.63) is 63.5 Å². The molecular weight excluding hydrogens is 488 g/mol. The van der Waals surface area contributed by atoms with Gasteiger partial charge in [0.1, 0.15) is 11.3 Å². The third-order valence-corrected chi connectivity index (χ3v) is 6.98. The van der Waals surface area contributed by atoms with Crippen LogP contribution in [-0.4, -0.2) is 75.4 Å². The number of carbonyl (C=O) groups is 1. The Morgan fingerprint density at radius 1 is 0.974 bits per heavy atom. The van der Waals surface area contributed by atoms with Gasteiger partial charge in [-0.1, -0.05) is 13.0 Å². The van der Waals surface area contributed by atoms with Crippen LogP contribution >= 0.6 is 0 Å². The summed E-state index contributed by atoms with van der Waals surface area (Å²) < 4.78 is 28.6. The molecular formula is C29H34N2O7. The number of methoxy groups -OCH3 is 1. The third-order valence-electron chi connectivity index (χ3n) is 6.98. The molecule has 0 aliphatic carbocycles. The van der Waals surface area contributed by atoms with Crippen LogP contribution in [0.5, 0.6) is 17.2 Å². The van der Waals surface area contributed by atoms with Gasteiger partial charge in [-0.2, -0.15) is 0 Å². The van der Waals surface area contributed by atoms with Crippen LogP contribution in [0.3, 0.4) is 0 Å². The summed E-state index contributed by atoms with van der Waals surface area (Å²) in [6.45, 7) is 9.01. The number of fused-ring (bicyclic) bond motifs is 2. The topological polar surface area (TPSA) is 90.7 Å². The number of benzene rings is 2. The van der Waals surface area contributed by atoms with Crippen LogP contribution in [0.15, 0.2) is 45.6 Å². The highest BCUT2D eigenvalue weighted by molar-refractivity contribution is 5.99. The first-order chi connectivity index (χ1) is 18.5. The van der Waals surface area contributed by atoms with Gasteiger partial charge in [-0.15, -0.1) is 0 Å². The summed E-state index contributed by atoms with van der Waals surface area (Å²) in [6, 6.07) is 10.1. The maximum absolute atomic E-state index is 13.9. The molecule has 38 heavy (non-hydrogen) atoms. The Bertz CT molecular complexity index is 1360. The summed E-state index contributed by atoms with van der Waals surface area (Å²) in [5.74, 6) is 1.53.